The molecular formula is C18H31IN4O. The van der Waals surface area contributed by atoms with E-state index in [4.69, 9.17) is 4.74 Å². The van der Waals surface area contributed by atoms with Crippen LogP contribution in [-0.4, -0.2) is 42.9 Å². The Kier molecular flexibility index (Phi) is 7.40. The highest BCUT2D eigenvalue weighted by molar-refractivity contribution is 14.0. The molecule has 0 radical (unpaired) electrons. The van der Waals surface area contributed by atoms with Crippen LogP contribution in [0.2, 0.25) is 0 Å². The molecule has 0 bridgehead atoms. The van der Waals surface area contributed by atoms with Crippen LogP contribution >= 0.6 is 24.0 Å². The zero-order valence-corrected chi connectivity index (χ0v) is 17.2. The second-order valence-electron chi connectivity index (χ2n) is 6.74. The first-order valence-electron chi connectivity index (χ1n) is 8.98. The van der Waals surface area contributed by atoms with Gasteiger partial charge in [-0.25, -0.2) is 0 Å². The molecule has 2 atom stereocenters. The first-order chi connectivity index (χ1) is 11.3. The number of nitrogens with one attached hydrogen (secondary N) is 2. The standard InChI is InChI=1S/C18H30N4O.HI/c1-3-23-16-14-15(18(16)8-4-5-9-18)21-17(19-2)20-10-13-22-11-6-7-12-22;/h6-7,11-12,15-16H,3-5,8-10,13-14H2,1-2H3,(H2,19,20,21);1H. The van der Waals surface area contributed by atoms with Gasteiger partial charge in [-0.15, -0.1) is 24.0 Å². The number of guanidine groups is 1. The summed E-state index contributed by atoms with van der Waals surface area (Å²) in [6.07, 6.45) is 11.0. The van der Waals surface area contributed by atoms with E-state index in [-0.39, 0.29) is 24.0 Å². The maximum absolute atomic E-state index is 5.99. The van der Waals surface area contributed by atoms with Gasteiger partial charge in [-0.2, -0.15) is 0 Å². The van der Waals surface area contributed by atoms with E-state index in [2.05, 4.69) is 51.6 Å². The Hall–Kier alpha value is -0.760. The van der Waals surface area contributed by atoms with Gasteiger partial charge in [0.25, 0.3) is 0 Å². The fraction of sp³-hybridized carbons (Fsp3) is 0.722. The number of aromatic nitrogens is 1. The monoisotopic (exact) mass is 446 g/mol. The van der Waals surface area contributed by atoms with E-state index in [9.17, 15) is 0 Å². The highest BCUT2D eigenvalue weighted by atomic mass is 127. The van der Waals surface area contributed by atoms with Crippen molar-refractivity contribution in [1.29, 1.82) is 0 Å². The fourth-order valence-corrected chi connectivity index (χ4v) is 4.27. The number of ether oxygens (including phenoxy) is 1. The number of hydrogen-bond donors (Lipinski definition) is 2. The van der Waals surface area contributed by atoms with Crippen LogP contribution in [0.15, 0.2) is 29.5 Å². The summed E-state index contributed by atoms with van der Waals surface area (Å²) in [5, 5.41) is 7.09. The van der Waals surface area contributed by atoms with E-state index in [0.717, 1.165) is 32.1 Å². The Morgan fingerprint density at radius 2 is 2.00 bits per heavy atom. The Morgan fingerprint density at radius 3 is 2.62 bits per heavy atom. The first-order valence-corrected chi connectivity index (χ1v) is 8.98. The van der Waals surface area contributed by atoms with E-state index >= 15 is 0 Å². The van der Waals surface area contributed by atoms with E-state index < -0.39 is 0 Å². The van der Waals surface area contributed by atoms with E-state index in [1.165, 1.54) is 25.7 Å². The van der Waals surface area contributed by atoms with Crippen molar-refractivity contribution < 1.29 is 4.74 Å². The molecule has 6 heteroatoms. The van der Waals surface area contributed by atoms with Gasteiger partial charge in [0.2, 0.25) is 0 Å². The van der Waals surface area contributed by atoms with Crippen LogP contribution in [-0.2, 0) is 11.3 Å². The Labute approximate surface area is 162 Å². The molecule has 2 unspecified atom stereocenters. The van der Waals surface area contributed by atoms with Crippen molar-refractivity contribution in [3.8, 4) is 0 Å². The molecule has 1 heterocycles. The Balaban J connectivity index is 0.00000208. The maximum Gasteiger partial charge on any atom is 0.191 e. The maximum atomic E-state index is 5.99. The third kappa shape index (κ3) is 4.07. The first kappa shape index (κ1) is 19.6. The van der Waals surface area contributed by atoms with Crippen molar-refractivity contribution in [1.82, 2.24) is 15.2 Å². The van der Waals surface area contributed by atoms with Gasteiger partial charge < -0.3 is 19.9 Å². The molecule has 3 rings (SSSR count). The van der Waals surface area contributed by atoms with Crippen molar-refractivity contribution in [3.05, 3.63) is 24.5 Å². The highest BCUT2D eigenvalue weighted by Gasteiger charge is 2.56. The molecule has 2 aliphatic rings. The molecule has 24 heavy (non-hydrogen) atoms. The normalized spacial score (nSPS) is 25.2. The van der Waals surface area contributed by atoms with Gasteiger partial charge >= 0.3 is 0 Å². The molecule has 5 nitrogen and oxygen atoms in total. The van der Waals surface area contributed by atoms with Crippen molar-refractivity contribution >= 4 is 29.9 Å². The lowest BCUT2D eigenvalue weighted by Gasteiger charge is -2.54. The number of rotatable bonds is 6. The Morgan fingerprint density at radius 1 is 1.29 bits per heavy atom. The summed E-state index contributed by atoms with van der Waals surface area (Å²) in [6.45, 7) is 4.75. The van der Waals surface area contributed by atoms with Crippen LogP contribution in [0.4, 0.5) is 0 Å². The summed E-state index contributed by atoms with van der Waals surface area (Å²) < 4.78 is 8.16. The number of hydrogen-bond acceptors (Lipinski definition) is 2. The van der Waals surface area contributed by atoms with Crippen molar-refractivity contribution in [2.45, 2.75) is 57.7 Å². The van der Waals surface area contributed by atoms with Gasteiger partial charge in [0.15, 0.2) is 5.96 Å². The average Bonchev–Trinajstić information content (AvgIpc) is 3.24. The second kappa shape index (κ2) is 9.08. The van der Waals surface area contributed by atoms with Gasteiger partial charge in [0, 0.05) is 50.6 Å². The summed E-state index contributed by atoms with van der Waals surface area (Å²) in [5.74, 6) is 0.920. The summed E-state index contributed by atoms with van der Waals surface area (Å²) in [4.78, 5) is 4.40. The molecule has 0 aliphatic heterocycles. The van der Waals surface area contributed by atoms with Crippen LogP contribution in [0.25, 0.3) is 0 Å². The molecule has 2 N–H and O–H groups in total. The molecule has 2 saturated carbocycles. The molecule has 1 aromatic rings. The number of halogens is 1. The highest BCUT2D eigenvalue weighted by Crippen LogP contribution is 2.54. The van der Waals surface area contributed by atoms with Crippen LogP contribution < -0.4 is 10.6 Å². The lowest BCUT2D eigenvalue weighted by atomic mass is 9.60. The lowest BCUT2D eigenvalue weighted by molar-refractivity contribution is -0.125. The van der Waals surface area contributed by atoms with E-state index in [1.807, 2.05) is 7.05 Å². The molecule has 1 spiro atoms. The van der Waals surface area contributed by atoms with Crippen LogP contribution in [0.5, 0.6) is 0 Å². The topological polar surface area (TPSA) is 50.6 Å². The van der Waals surface area contributed by atoms with Gasteiger partial charge in [-0.05, 0) is 38.3 Å². The summed E-state index contributed by atoms with van der Waals surface area (Å²) in [5.41, 5.74) is 0.341. The zero-order valence-electron chi connectivity index (χ0n) is 14.8. The minimum Gasteiger partial charge on any atom is -0.378 e. The van der Waals surface area contributed by atoms with Crippen molar-refractivity contribution in [2.24, 2.45) is 10.4 Å². The lowest BCUT2D eigenvalue weighted by Crippen LogP contribution is -2.65. The average molecular weight is 446 g/mol. The number of aliphatic imine (C=N–C) groups is 1. The van der Waals surface area contributed by atoms with Crippen LogP contribution in [0, 0.1) is 5.41 Å². The Bertz CT molecular complexity index is 511. The molecular weight excluding hydrogens is 415 g/mol. The molecule has 136 valence electrons. The predicted octanol–water partition coefficient (Wildman–Crippen LogP) is 3.01. The van der Waals surface area contributed by atoms with Gasteiger partial charge in [-0.1, -0.05) is 12.8 Å². The summed E-state index contributed by atoms with van der Waals surface area (Å²) in [6, 6.07) is 4.61. The minimum atomic E-state index is 0. The molecule has 0 amide bonds. The molecule has 2 fully saturated rings. The van der Waals surface area contributed by atoms with Gasteiger partial charge in [0.1, 0.15) is 0 Å². The molecule has 0 aromatic carbocycles. The second-order valence-corrected chi connectivity index (χ2v) is 6.74. The third-order valence-corrected chi connectivity index (χ3v) is 5.55. The smallest absolute Gasteiger partial charge is 0.191 e. The minimum absolute atomic E-state index is 0. The summed E-state index contributed by atoms with van der Waals surface area (Å²) >= 11 is 0. The zero-order chi connectivity index (χ0) is 16.1. The van der Waals surface area contributed by atoms with Crippen molar-refractivity contribution in [3.63, 3.8) is 0 Å². The van der Waals surface area contributed by atoms with Crippen LogP contribution in [0.3, 0.4) is 0 Å². The third-order valence-electron chi connectivity index (χ3n) is 5.55. The van der Waals surface area contributed by atoms with E-state index in [0.29, 0.717) is 17.6 Å². The van der Waals surface area contributed by atoms with Gasteiger partial charge in [-0.3, -0.25) is 4.99 Å². The molecule has 0 saturated heterocycles. The quantitative estimate of drug-likeness (QED) is 0.402. The van der Waals surface area contributed by atoms with Gasteiger partial charge in [0.05, 0.1) is 6.10 Å². The molecule has 1 aromatic heterocycles. The van der Waals surface area contributed by atoms with Crippen LogP contribution in [0.1, 0.15) is 39.0 Å². The molecule has 2 aliphatic carbocycles. The predicted molar refractivity (Wildman–Crippen MR) is 109 cm³/mol. The van der Waals surface area contributed by atoms with Crippen molar-refractivity contribution in [2.75, 3.05) is 20.2 Å². The SMILES string of the molecule is CCOC1CC(NC(=NC)NCCn2cccc2)C12CCCC2.I. The largest absolute Gasteiger partial charge is 0.378 e. The summed E-state index contributed by atoms with van der Waals surface area (Å²) in [7, 11) is 1.85. The fourth-order valence-electron chi connectivity index (χ4n) is 4.27. The van der Waals surface area contributed by atoms with E-state index in [1.54, 1.807) is 0 Å². The number of nitrogens with zero attached hydrogens (tertiary/aromatic N) is 2.